The van der Waals surface area contributed by atoms with Crippen molar-refractivity contribution in [3.05, 3.63) is 59.4 Å². The van der Waals surface area contributed by atoms with Gasteiger partial charge in [0.15, 0.2) is 5.76 Å². The Labute approximate surface area is 147 Å². The van der Waals surface area contributed by atoms with Crippen molar-refractivity contribution in [1.82, 2.24) is 5.32 Å². The lowest BCUT2D eigenvalue weighted by Gasteiger charge is -2.22. The Morgan fingerprint density at radius 1 is 1.46 bits per heavy atom. The first-order valence-corrected chi connectivity index (χ1v) is 8.34. The summed E-state index contributed by atoms with van der Waals surface area (Å²) in [6, 6.07) is 6.56. The molecule has 0 aliphatic rings. The number of amidine groups is 1. The summed E-state index contributed by atoms with van der Waals surface area (Å²) in [6.07, 6.45) is 3.16. The van der Waals surface area contributed by atoms with Crippen LogP contribution in [0.4, 0.5) is 4.39 Å². The molecule has 1 unspecified atom stereocenters. The maximum atomic E-state index is 14.2. The van der Waals surface area contributed by atoms with Crippen LogP contribution in [0.5, 0.6) is 0 Å². The third kappa shape index (κ3) is 5.27. The zero-order valence-corrected chi connectivity index (χ0v) is 15.0. The third-order valence-corrected chi connectivity index (χ3v) is 3.70. The zero-order valence-electron chi connectivity index (χ0n) is 14.2. The number of nitrogens with zero attached hydrogens (tertiary/aromatic N) is 1. The van der Waals surface area contributed by atoms with Crippen LogP contribution in [0.25, 0.3) is 0 Å². The first-order chi connectivity index (χ1) is 11.6. The first kappa shape index (κ1) is 20.0. The van der Waals surface area contributed by atoms with E-state index >= 15 is 0 Å². The van der Waals surface area contributed by atoms with Crippen molar-refractivity contribution >= 4 is 17.4 Å². The molecule has 0 fully saturated rings. The average molecular weight is 355 g/mol. The van der Waals surface area contributed by atoms with Crippen molar-refractivity contribution in [2.24, 2.45) is 4.99 Å². The van der Waals surface area contributed by atoms with E-state index in [0.29, 0.717) is 41.8 Å². The fourth-order valence-electron chi connectivity index (χ4n) is 2.36. The monoisotopic (exact) mass is 354 g/mol. The smallest absolute Gasteiger partial charge is 0.176 e. The van der Waals surface area contributed by atoms with Gasteiger partial charge in [-0.15, -0.1) is 11.6 Å². The maximum absolute atomic E-state index is 14.2. The van der Waals surface area contributed by atoms with E-state index in [4.69, 9.17) is 16.3 Å². The van der Waals surface area contributed by atoms with E-state index in [1.807, 2.05) is 6.92 Å². The lowest BCUT2D eigenvalue weighted by molar-refractivity contribution is 0.222. The second-order valence-electron chi connectivity index (χ2n) is 4.91. The Morgan fingerprint density at radius 3 is 2.67 bits per heavy atom. The molecule has 1 aromatic rings. The minimum Gasteiger partial charge on any atom is -0.512 e. The van der Waals surface area contributed by atoms with Crippen LogP contribution < -0.4 is 5.32 Å². The lowest BCUT2D eigenvalue weighted by Crippen LogP contribution is -2.31. The van der Waals surface area contributed by atoms with Gasteiger partial charge < -0.3 is 15.2 Å². The van der Waals surface area contributed by atoms with Gasteiger partial charge in [0.2, 0.25) is 0 Å². The summed E-state index contributed by atoms with van der Waals surface area (Å²) in [6.45, 7) is 4.03. The number of aliphatic imine (C=N–C) groups is 1. The molecular weight excluding hydrogens is 331 g/mol. The molecule has 0 bridgehead atoms. The Balaban J connectivity index is 3.14. The van der Waals surface area contributed by atoms with Crippen LogP contribution in [0, 0.1) is 5.82 Å². The molecule has 0 radical (unpaired) electrons. The third-order valence-electron chi connectivity index (χ3n) is 3.48. The molecular formula is C18H24ClFN2O2. The molecule has 1 rings (SSSR count). The number of allylic oxidation sites excluding steroid dienone is 1. The van der Waals surface area contributed by atoms with E-state index < -0.39 is 0 Å². The fraction of sp³-hybridized carbons (Fsp3) is 0.389. The highest BCUT2D eigenvalue weighted by Gasteiger charge is 2.22. The van der Waals surface area contributed by atoms with E-state index in [1.165, 1.54) is 6.07 Å². The molecule has 24 heavy (non-hydrogen) atoms. The van der Waals surface area contributed by atoms with E-state index in [0.717, 1.165) is 6.26 Å². The normalized spacial score (nSPS) is 14.5. The standard InChI is InChI=1S/C18H24ClFN2O2/c1-4-16(17(12-23)24-5-2)22-18(21-3)14(10-11-19)13-8-6-7-9-15(13)20/h4,6-9,12,14,23H,5,10-11H2,1-3H3,(H,21,22)/b16-4-,17-12?. The molecule has 0 aliphatic carbocycles. The zero-order chi connectivity index (χ0) is 17.9. The minimum atomic E-state index is -0.329. The van der Waals surface area contributed by atoms with Gasteiger partial charge in [0, 0.05) is 18.8 Å². The fourth-order valence-corrected chi connectivity index (χ4v) is 2.58. The molecule has 0 saturated carbocycles. The van der Waals surface area contributed by atoms with E-state index in [9.17, 15) is 9.50 Å². The average Bonchev–Trinajstić information content (AvgIpc) is 2.60. The van der Waals surface area contributed by atoms with Gasteiger partial charge >= 0.3 is 0 Å². The second-order valence-corrected chi connectivity index (χ2v) is 5.29. The largest absolute Gasteiger partial charge is 0.512 e. The van der Waals surface area contributed by atoms with Crippen molar-refractivity contribution < 1.29 is 14.2 Å². The van der Waals surface area contributed by atoms with Gasteiger partial charge in [-0.05, 0) is 31.9 Å². The van der Waals surface area contributed by atoms with Crippen LogP contribution in [0.15, 0.2) is 53.1 Å². The summed E-state index contributed by atoms with van der Waals surface area (Å²) in [5.74, 6) is 0.566. The van der Waals surface area contributed by atoms with Crippen molar-refractivity contribution in [3.8, 4) is 0 Å². The number of nitrogens with one attached hydrogen (secondary N) is 1. The summed E-state index contributed by atoms with van der Waals surface area (Å²) in [5.41, 5.74) is 1.07. The molecule has 1 aromatic carbocycles. The topological polar surface area (TPSA) is 53.9 Å². The number of halogens is 2. The van der Waals surface area contributed by atoms with E-state index in [2.05, 4.69) is 10.3 Å². The van der Waals surface area contributed by atoms with Gasteiger partial charge in [0.1, 0.15) is 17.9 Å². The summed E-state index contributed by atoms with van der Waals surface area (Å²) in [4.78, 5) is 4.26. The SMILES string of the molecule is C/C=C(\NC(=NC)C(CCCl)c1ccccc1F)C(=CO)OCC. The minimum absolute atomic E-state index is 0.291. The first-order valence-electron chi connectivity index (χ1n) is 7.80. The Morgan fingerprint density at radius 2 is 2.17 bits per heavy atom. The van der Waals surface area contributed by atoms with Gasteiger partial charge in [-0.25, -0.2) is 4.39 Å². The molecule has 132 valence electrons. The highest BCUT2D eigenvalue weighted by molar-refractivity contribution is 6.18. The van der Waals surface area contributed by atoms with Crippen molar-refractivity contribution in [2.45, 2.75) is 26.2 Å². The van der Waals surface area contributed by atoms with Crippen LogP contribution in [-0.4, -0.2) is 30.5 Å². The molecule has 0 amide bonds. The number of hydrogen-bond donors (Lipinski definition) is 2. The molecule has 0 heterocycles. The number of alkyl halides is 1. The van der Waals surface area contributed by atoms with E-state index in [-0.39, 0.29) is 11.7 Å². The molecule has 0 aliphatic heterocycles. The number of aliphatic hydroxyl groups is 1. The molecule has 0 spiro atoms. The van der Waals surface area contributed by atoms with Crippen molar-refractivity contribution in [2.75, 3.05) is 19.5 Å². The maximum Gasteiger partial charge on any atom is 0.176 e. The van der Waals surface area contributed by atoms with Crippen LogP contribution >= 0.6 is 11.6 Å². The van der Waals surface area contributed by atoms with Crippen LogP contribution in [0.3, 0.4) is 0 Å². The van der Waals surface area contributed by atoms with Crippen LogP contribution in [-0.2, 0) is 4.74 Å². The van der Waals surface area contributed by atoms with Gasteiger partial charge in [0.25, 0.3) is 0 Å². The molecule has 4 nitrogen and oxygen atoms in total. The predicted molar refractivity (Wildman–Crippen MR) is 97.1 cm³/mol. The van der Waals surface area contributed by atoms with E-state index in [1.54, 1.807) is 38.2 Å². The van der Waals surface area contributed by atoms with Gasteiger partial charge in [-0.1, -0.05) is 24.3 Å². The summed E-state index contributed by atoms with van der Waals surface area (Å²) in [7, 11) is 1.63. The highest BCUT2D eigenvalue weighted by atomic mass is 35.5. The van der Waals surface area contributed by atoms with Crippen LogP contribution in [0.2, 0.25) is 0 Å². The van der Waals surface area contributed by atoms with Crippen LogP contribution in [0.1, 0.15) is 31.7 Å². The Bertz CT molecular complexity index is 615. The highest BCUT2D eigenvalue weighted by Crippen LogP contribution is 2.25. The molecule has 6 heteroatoms. The van der Waals surface area contributed by atoms with Gasteiger partial charge in [-0.2, -0.15) is 0 Å². The summed E-state index contributed by atoms with van der Waals surface area (Å²) >= 11 is 5.91. The summed E-state index contributed by atoms with van der Waals surface area (Å²) < 4.78 is 19.6. The van der Waals surface area contributed by atoms with Gasteiger partial charge in [0.05, 0.1) is 12.3 Å². The van der Waals surface area contributed by atoms with Crippen molar-refractivity contribution in [3.63, 3.8) is 0 Å². The van der Waals surface area contributed by atoms with Gasteiger partial charge in [-0.3, -0.25) is 4.99 Å². The lowest BCUT2D eigenvalue weighted by atomic mass is 9.94. The summed E-state index contributed by atoms with van der Waals surface area (Å²) in [5, 5.41) is 12.5. The Hall–Kier alpha value is -2.01. The Kier molecular flexibility index (Phi) is 8.94. The molecule has 2 N–H and O–H groups in total. The quantitative estimate of drug-likeness (QED) is 0.238. The number of hydrogen-bond acceptors (Lipinski definition) is 3. The van der Waals surface area contributed by atoms with Crippen molar-refractivity contribution in [1.29, 1.82) is 0 Å². The molecule has 0 saturated heterocycles. The molecule has 1 atom stereocenters. The number of aliphatic hydroxyl groups excluding tert-OH is 1. The number of benzene rings is 1. The predicted octanol–water partition coefficient (Wildman–Crippen LogP) is 4.50. The number of ether oxygens (including phenoxy) is 1. The second kappa shape index (κ2) is 10.7. The molecule has 0 aromatic heterocycles. The number of rotatable bonds is 8.